The Labute approximate surface area is 117 Å². The van der Waals surface area contributed by atoms with Gasteiger partial charge in [0.25, 0.3) is 5.91 Å². The molecule has 1 rings (SSSR count). The number of benzene rings is 1. The number of nitrogens with one attached hydrogen (secondary N) is 2. The lowest BCUT2D eigenvalue weighted by atomic mass is 10.2. The SMILES string of the molecule is C=CCN/C=C(/C#N)C(=O)NCc1ccccc1Cl. The molecule has 5 heteroatoms. The van der Waals surface area contributed by atoms with E-state index in [0.29, 0.717) is 11.6 Å². The Morgan fingerprint density at radius 1 is 1.47 bits per heavy atom. The van der Waals surface area contributed by atoms with Crippen molar-refractivity contribution >= 4 is 17.5 Å². The number of nitriles is 1. The van der Waals surface area contributed by atoms with Gasteiger partial charge in [0.15, 0.2) is 0 Å². The first kappa shape index (κ1) is 14.8. The molecule has 0 aromatic heterocycles. The minimum atomic E-state index is -0.445. The highest BCUT2D eigenvalue weighted by Gasteiger charge is 2.08. The number of hydrogen-bond acceptors (Lipinski definition) is 3. The second-order valence-electron chi connectivity index (χ2n) is 3.64. The van der Waals surface area contributed by atoms with Crippen molar-refractivity contribution in [2.45, 2.75) is 6.54 Å². The summed E-state index contributed by atoms with van der Waals surface area (Å²) in [6.45, 7) is 4.29. The molecule has 0 saturated carbocycles. The van der Waals surface area contributed by atoms with Gasteiger partial charge in [-0.15, -0.1) is 6.58 Å². The number of carbonyl (C=O) groups excluding carboxylic acids is 1. The van der Waals surface area contributed by atoms with Gasteiger partial charge in [0.05, 0.1) is 0 Å². The third kappa shape index (κ3) is 4.86. The molecule has 4 nitrogen and oxygen atoms in total. The van der Waals surface area contributed by atoms with Crippen LogP contribution in [0, 0.1) is 11.3 Å². The van der Waals surface area contributed by atoms with E-state index in [1.165, 1.54) is 6.20 Å². The molecule has 0 aliphatic carbocycles. The zero-order valence-corrected chi connectivity index (χ0v) is 11.1. The topological polar surface area (TPSA) is 64.9 Å². The zero-order valence-electron chi connectivity index (χ0n) is 10.3. The van der Waals surface area contributed by atoms with E-state index in [9.17, 15) is 4.79 Å². The molecular weight excluding hydrogens is 262 g/mol. The van der Waals surface area contributed by atoms with Crippen LogP contribution < -0.4 is 10.6 Å². The first-order valence-corrected chi connectivity index (χ1v) is 6.03. The Bertz CT molecular complexity index is 532. The van der Waals surface area contributed by atoms with E-state index < -0.39 is 5.91 Å². The standard InChI is InChI=1S/C14H14ClN3O/c1-2-7-17-9-12(8-16)14(19)18-10-11-5-3-4-6-13(11)15/h2-6,9,17H,1,7,10H2,(H,18,19)/b12-9-. The largest absolute Gasteiger partial charge is 0.386 e. The van der Waals surface area contributed by atoms with E-state index in [2.05, 4.69) is 17.2 Å². The summed E-state index contributed by atoms with van der Waals surface area (Å²) in [5.74, 6) is -0.445. The van der Waals surface area contributed by atoms with Crippen LogP contribution in [-0.2, 0) is 11.3 Å². The van der Waals surface area contributed by atoms with Gasteiger partial charge >= 0.3 is 0 Å². The molecule has 0 bridgehead atoms. The van der Waals surface area contributed by atoms with Gasteiger partial charge in [-0.05, 0) is 11.6 Å². The van der Waals surface area contributed by atoms with Crippen LogP contribution >= 0.6 is 11.6 Å². The van der Waals surface area contributed by atoms with E-state index in [1.54, 1.807) is 12.1 Å². The molecule has 1 aromatic rings. The number of nitrogens with zero attached hydrogens (tertiary/aromatic N) is 1. The van der Waals surface area contributed by atoms with Crippen LogP contribution in [0.1, 0.15) is 5.56 Å². The molecule has 1 aromatic carbocycles. The van der Waals surface area contributed by atoms with Gasteiger partial charge in [-0.3, -0.25) is 4.79 Å². The van der Waals surface area contributed by atoms with Gasteiger partial charge < -0.3 is 10.6 Å². The van der Waals surface area contributed by atoms with Crippen LogP contribution in [0.25, 0.3) is 0 Å². The summed E-state index contributed by atoms with van der Waals surface area (Å²) in [5.41, 5.74) is 0.808. The molecular formula is C14H14ClN3O. The lowest BCUT2D eigenvalue weighted by Crippen LogP contribution is -2.25. The molecule has 0 atom stereocenters. The molecule has 0 spiro atoms. The fraction of sp³-hybridized carbons (Fsp3) is 0.143. The summed E-state index contributed by atoms with van der Waals surface area (Å²) in [6.07, 6.45) is 3.00. The minimum Gasteiger partial charge on any atom is -0.386 e. The summed E-state index contributed by atoms with van der Waals surface area (Å²) < 4.78 is 0. The predicted molar refractivity (Wildman–Crippen MR) is 75.2 cm³/mol. The first-order valence-electron chi connectivity index (χ1n) is 5.65. The molecule has 0 fully saturated rings. The van der Waals surface area contributed by atoms with Crippen molar-refractivity contribution < 1.29 is 4.79 Å². The maximum Gasteiger partial charge on any atom is 0.263 e. The van der Waals surface area contributed by atoms with Gasteiger partial charge in [-0.25, -0.2) is 0 Å². The van der Waals surface area contributed by atoms with E-state index in [-0.39, 0.29) is 12.1 Å². The normalized spacial score (nSPS) is 10.4. The third-order valence-corrected chi connectivity index (χ3v) is 2.64. The van der Waals surface area contributed by atoms with Crippen LogP contribution in [0.15, 0.2) is 48.7 Å². The van der Waals surface area contributed by atoms with Gasteiger partial charge in [0.2, 0.25) is 0 Å². The lowest BCUT2D eigenvalue weighted by Gasteiger charge is -2.06. The Morgan fingerprint density at radius 2 is 2.21 bits per heavy atom. The number of hydrogen-bond donors (Lipinski definition) is 2. The van der Waals surface area contributed by atoms with Crippen molar-refractivity contribution in [3.05, 3.63) is 59.3 Å². The van der Waals surface area contributed by atoms with Crippen molar-refractivity contribution in [2.75, 3.05) is 6.54 Å². The Hall–Kier alpha value is -2.25. The van der Waals surface area contributed by atoms with Gasteiger partial charge in [-0.2, -0.15) is 5.26 Å². The highest BCUT2D eigenvalue weighted by molar-refractivity contribution is 6.31. The summed E-state index contributed by atoms with van der Waals surface area (Å²) in [4.78, 5) is 11.7. The highest BCUT2D eigenvalue weighted by Crippen LogP contribution is 2.14. The maximum absolute atomic E-state index is 11.7. The Kier molecular flexibility index (Phi) is 6.20. The summed E-state index contributed by atoms with van der Waals surface area (Å²) in [7, 11) is 0. The molecule has 0 aliphatic heterocycles. The smallest absolute Gasteiger partial charge is 0.263 e. The van der Waals surface area contributed by atoms with E-state index in [4.69, 9.17) is 16.9 Å². The van der Waals surface area contributed by atoms with Crippen LogP contribution in [0.4, 0.5) is 0 Å². The van der Waals surface area contributed by atoms with Crippen LogP contribution in [0.2, 0.25) is 5.02 Å². The number of halogens is 1. The summed E-state index contributed by atoms with van der Waals surface area (Å²) in [5, 5.41) is 14.9. The van der Waals surface area contributed by atoms with Gasteiger partial charge in [0.1, 0.15) is 11.6 Å². The van der Waals surface area contributed by atoms with Crippen molar-refractivity contribution in [1.82, 2.24) is 10.6 Å². The van der Waals surface area contributed by atoms with Gasteiger partial charge in [-0.1, -0.05) is 35.9 Å². The van der Waals surface area contributed by atoms with E-state index >= 15 is 0 Å². The molecule has 98 valence electrons. The quantitative estimate of drug-likeness (QED) is 0.362. The molecule has 0 radical (unpaired) electrons. The summed E-state index contributed by atoms with van der Waals surface area (Å²) in [6, 6.07) is 9.04. The number of amides is 1. The predicted octanol–water partition coefficient (Wildman–Crippen LogP) is 2.14. The molecule has 0 saturated heterocycles. The fourth-order valence-corrected chi connectivity index (χ4v) is 1.51. The maximum atomic E-state index is 11.7. The van der Waals surface area contributed by atoms with Crippen LogP contribution in [-0.4, -0.2) is 12.5 Å². The lowest BCUT2D eigenvalue weighted by molar-refractivity contribution is -0.117. The first-order chi connectivity index (χ1) is 9.19. The van der Waals surface area contributed by atoms with Crippen molar-refractivity contribution in [1.29, 1.82) is 5.26 Å². The highest BCUT2D eigenvalue weighted by atomic mass is 35.5. The molecule has 19 heavy (non-hydrogen) atoms. The van der Waals surface area contributed by atoms with Crippen molar-refractivity contribution in [3.8, 4) is 6.07 Å². The number of rotatable bonds is 6. The monoisotopic (exact) mass is 275 g/mol. The Morgan fingerprint density at radius 3 is 2.84 bits per heavy atom. The van der Waals surface area contributed by atoms with Crippen molar-refractivity contribution in [3.63, 3.8) is 0 Å². The molecule has 1 amide bonds. The second kappa shape index (κ2) is 7.96. The average molecular weight is 276 g/mol. The van der Waals surface area contributed by atoms with Crippen LogP contribution in [0.5, 0.6) is 0 Å². The third-order valence-electron chi connectivity index (χ3n) is 2.27. The average Bonchev–Trinajstić information content (AvgIpc) is 2.42. The van der Waals surface area contributed by atoms with Gasteiger partial charge in [0, 0.05) is 24.3 Å². The second-order valence-corrected chi connectivity index (χ2v) is 4.05. The fourth-order valence-electron chi connectivity index (χ4n) is 1.31. The number of carbonyl (C=O) groups is 1. The van der Waals surface area contributed by atoms with E-state index in [0.717, 1.165) is 5.56 Å². The van der Waals surface area contributed by atoms with E-state index in [1.807, 2.05) is 24.3 Å². The minimum absolute atomic E-state index is 0.00824. The summed E-state index contributed by atoms with van der Waals surface area (Å²) >= 11 is 5.97. The van der Waals surface area contributed by atoms with Crippen LogP contribution in [0.3, 0.4) is 0 Å². The molecule has 0 heterocycles. The Balaban J connectivity index is 2.59. The molecule has 0 unspecified atom stereocenters. The zero-order chi connectivity index (χ0) is 14.1. The molecule has 0 aliphatic rings. The molecule has 2 N–H and O–H groups in total. The van der Waals surface area contributed by atoms with Crippen molar-refractivity contribution in [2.24, 2.45) is 0 Å².